The van der Waals surface area contributed by atoms with Gasteiger partial charge in [-0.2, -0.15) is 0 Å². The van der Waals surface area contributed by atoms with Gasteiger partial charge >= 0.3 is 6.03 Å². The first-order chi connectivity index (χ1) is 13.3. The van der Waals surface area contributed by atoms with Gasteiger partial charge in [-0.05, 0) is 37.1 Å². The van der Waals surface area contributed by atoms with Crippen LogP contribution >= 0.6 is 0 Å². The number of nitrogens with two attached hydrogens (primary N) is 2. The summed E-state index contributed by atoms with van der Waals surface area (Å²) in [5.41, 5.74) is 2.55. The number of anilines is 1. The molecule has 0 aliphatic heterocycles. The Kier molecular flexibility index (Phi) is 7.31. The summed E-state index contributed by atoms with van der Waals surface area (Å²) < 4.78 is 32.5. The Morgan fingerprint density at radius 3 is 2.54 bits per heavy atom. The minimum absolute atomic E-state index is 0.0104. The van der Waals surface area contributed by atoms with Crippen LogP contribution in [0, 0.1) is 6.92 Å². The minimum atomic E-state index is -2.65. The van der Waals surface area contributed by atoms with E-state index in [1.54, 1.807) is 25.1 Å². The lowest BCUT2D eigenvalue weighted by Crippen LogP contribution is -2.49. The highest BCUT2D eigenvalue weighted by Gasteiger charge is 2.21. The summed E-state index contributed by atoms with van der Waals surface area (Å²) in [5, 5.41) is 1.80. The molecule has 0 fully saturated rings. The number of hydrazine groups is 2. The number of halogens is 2. The number of alkyl halides is 2. The first-order valence-corrected chi connectivity index (χ1v) is 8.95. The van der Waals surface area contributed by atoms with E-state index >= 15 is 0 Å². The second-order valence-corrected chi connectivity index (χ2v) is 6.56. The zero-order valence-electron chi connectivity index (χ0n) is 16.3. The average Bonchev–Trinajstić information content (AvgIpc) is 2.66. The monoisotopic (exact) mass is 392 g/mol. The molecule has 28 heavy (non-hydrogen) atoms. The number of hydrogen-bond donors (Lipinski definition) is 2. The fourth-order valence-corrected chi connectivity index (χ4v) is 2.91. The molecule has 0 radical (unpaired) electrons. The van der Waals surface area contributed by atoms with E-state index in [4.69, 9.17) is 16.4 Å². The molecule has 152 valence electrons. The van der Waals surface area contributed by atoms with Crippen LogP contribution in [-0.2, 0) is 13.0 Å². The van der Waals surface area contributed by atoms with Crippen molar-refractivity contribution in [3.8, 4) is 5.75 Å². The maximum Gasteiger partial charge on any atom is 0.352 e. The van der Waals surface area contributed by atoms with E-state index < -0.39 is 12.5 Å². The molecule has 2 aromatic carbocycles. The first-order valence-electron chi connectivity index (χ1n) is 8.95. The second kappa shape index (κ2) is 9.48. The quantitative estimate of drug-likeness (QED) is 0.423. The van der Waals surface area contributed by atoms with Gasteiger partial charge < -0.3 is 4.74 Å². The lowest BCUT2D eigenvalue weighted by atomic mass is 10.0. The Labute approximate surface area is 163 Å². The molecule has 0 saturated heterocycles. The SMILES string of the molecule is CCCc1cccc(N(N)C(=O)N(C)N)c1COc1ccc(C)cc1C(F)F. The van der Waals surface area contributed by atoms with Gasteiger partial charge in [0.1, 0.15) is 12.4 Å². The molecule has 0 saturated carbocycles. The molecule has 2 aromatic rings. The summed E-state index contributed by atoms with van der Waals surface area (Å²) >= 11 is 0. The van der Waals surface area contributed by atoms with Gasteiger partial charge in [0.2, 0.25) is 0 Å². The highest BCUT2D eigenvalue weighted by Crippen LogP contribution is 2.32. The fraction of sp³-hybridized carbons (Fsp3) is 0.350. The van der Waals surface area contributed by atoms with E-state index in [2.05, 4.69) is 0 Å². The van der Waals surface area contributed by atoms with Gasteiger partial charge in [-0.25, -0.2) is 30.3 Å². The van der Waals surface area contributed by atoms with Gasteiger partial charge in [-0.15, -0.1) is 0 Å². The van der Waals surface area contributed by atoms with E-state index in [9.17, 15) is 13.6 Å². The summed E-state index contributed by atoms with van der Waals surface area (Å²) in [4.78, 5) is 12.2. The Morgan fingerprint density at radius 2 is 1.93 bits per heavy atom. The normalized spacial score (nSPS) is 10.9. The van der Waals surface area contributed by atoms with Crippen LogP contribution < -0.4 is 21.4 Å². The topological polar surface area (TPSA) is 84.8 Å². The molecular weight excluding hydrogens is 366 g/mol. The van der Waals surface area contributed by atoms with E-state index in [1.165, 1.54) is 19.2 Å². The van der Waals surface area contributed by atoms with Crippen molar-refractivity contribution in [1.82, 2.24) is 5.01 Å². The first kappa shape index (κ1) is 21.6. The third-order valence-corrected chi connectivity index (χ3v) is 4.31. The molecule has 0 aromatic heterocycles. The maximum atomic E-state index is 13.4. The van der Waals surface area contributed by atoms with E-state index in [-0.39, 0.29) is 17.9 Å². The number of carbonyl (C=O) groups excluding carboxylic acids is 1. The molecule has 2 rings (SSSR count). The standard InChI is InChI=1S/C20H26F2N4O2/c1-4-6-14-7-5-8-17(26(24)20(27)25(3)23)16(14)12-28-18-10-9-13(2)11-15(18)19(21)22/h5,7-11,19H,4,6,12,23-24H2,1-3H3. The average molecular weight is 392 g/mol. The Bertz CT molecular complexity index is 828. The van der Waals surface area contributed by atoms with Crippen LogP contribution in [0.15, 0.2) is 36.4 Å². The van der Waals surface area contributed by atoms with Crippen LogP contribution in [0.2, 0.25) is 0 Å². The third-order valence-electron chi connectivity index (χ3n) is 4.31. The van der Waals surface area contributed by atoms with Crippen LogP contribution in [0.5, 0.6) is 5.75 Å². The zero-order valence-corrected chi connectivity index (χ0v) is 16.3. The summed E-state index contributed by atoms with van der Waals surface area (Å²) in [7, 11) is 1.38. The largest absolute Gasteiger partial charge is 0.488 e. The number of urea groups is 1. The molecule has 0 unspecified atom stereocenters. The van der Waals surface area contributed by atoms with Crippen LogP contribution in [0.1, 0.15) is 42.0 Å². The van der Waals surface area contributed by atoms with Crippen LogP contribution in [0.4, 0.5) is 19.3 Å². The molecule has 0 bridgehead atoms. The van der Waals surface area contributed by atoms with E-state index in [0.29, 0.717) is 11.3 Å². The molecule has 8 heteroatoms. The Hall–Kier alpha value is -2.71. The molecule has 6 nitrogen and oxygen atoms in total. The lowest BCUT2D eigenvalue weighted by Gasteiger charge is -2.25. The molecule has 0 atom stereocenters. The van der Waals surface area contributed by atoms with Gasteiger partial charge in [0, 0.05) is 12.6 Å². The minimum Gasteiger partial charge on any atom is -0.488 e. The fourth-order valence-electron chi connectivity index (χ4n) is 2.91. The Morgan fingerprint density at radius 1 is 1.21 bits per heavy atom. The molecule has 0 spiro atoms. The third kappa shape index (κ3) is 4.96. The van der Waals surface area contributed by atoms with Crippen molar-refractivity contribution in [2.75, 3.05) is 12.1 Å². The molecule has 0 heterocycles. The van der Waals surface area contributed by atoms with Crippen LogP contribution in [0.3, 0.4) is 0 Å². The highest BCUT2D eigenvalue weighted by molar-refractivity contribution is 5.91. The van der Waals surface area contributed by atoms with Crippen LogP contribution in [-0.4, -0.2) is 18.1 Å². The van der Waals surface area contributed by atoms with Crippen molar-refractivity contribution < 1.29 is 18.3 Å². The predicted octanol–water partition coefficient (Wildman–Crippen LogP) is 4.07. The number of nitrogens with zero attached hydrogens (tertiary/aromatic N) is 2. The zero-order chi connectivity index (χ0) is 20.8. The molecule has 4 N–H and O–H groups in total. The van der Waals surface area contributed by atoms with Gasteiger partial charge in [-0.3, -0.25) is 5.01 Å². The van der Waals surface area contributed by atoms with Gasteiger partial charge in [0.15, 0.2) is 0 Å². The molecule has 0 aliphatic carbocycles. The smallest absolute Gasteiger partial charge is 0.352 e. The van der Waals surface area contributed by atoms with Crippen molar-refractivity contribution >= 4 is 11.7 Å². The molecule has 0 aliphatic rings. The molecular formula is C20H26F2N4O2. The Balaban J connectivity index is 2.40. The van der Waals surface area contributed by atoms with E-state index in [0.717, 1.165) is 34.0 Å². The summed E-state index contributed by atoms with van der Waals surface area (Å²) in [6, 6.07) is 9.38. The number of rotatable bonds is 7. The highest BCUT2D eigenvalue weighted by atomic mass is 19.3. The second-order valence-electron chi connectivity index (χ2n) is 6.56. The summed E-state index contributed by atoms with van der Waals surface area (Å²) in [6.45, 7) is 3.75. The lowest BCUT2D eigenvalue weighted by molar-refractivity contribution is 0.144. The van der Waals surface area contributed by atoms with Crippen molar-refractivity contribution in [2.45, 2.75) is 39.7 Å². The summed E-state index contributed by atoms with van der Waals surface area (Å²) in [5.74, 6) is 11.6. The van der Waals surface area contributed by atoms with E-state index in [1.807, 2.05) is 13.0 Å². The van der Waals surface area contributed by atoms with Gasteiger partial charge in [0.05, 0.1) is 11.3 Å². The number of carbonyl (C=O) groups is 1. The number of hydrogen-bond acceptors (Lipinski definition) is 4. The maximum absolute atomic E-state index is 13.4. The van der Waals surface area contributed by atoms with Crippen molar-refractivity contribution in [3.05, 3.63) is 58.7 Å². The van der Waals surface area contributed by atoms with Crippen molar-refractivity contribution in [2.24, 2.45) is 11.7 Å². The molecule has 2 amide bonds. The van der Waals surface area contributed by atoms with Gasteiger partial charge in [0.25, 0.3) is 6.43 Å². The predicted molar refractivity (Wildman–Crippen MR) is 105 cm³/mol. The van der Waals surface area contributed by atoms with Crippen LogP contribution in [0.25, 0.3) is 0 Å². The number of ether oxygens (including phenoxy) is 1. The van der Waals surface area contributed by atoms with Crippen molar-refractivity contribution in [3.63, 3.8) is 0 Å². The van der Waals surface area contributed by atoms with Crippen molar-refractivity contribution in [1.29, 1.82) is 0 Å². The van der Waals surface area contributed by atoms with Gasteiger partial charge in [-0.1, -0.05) is 37.1 Å². The number of amides is 2. The summed E-state index contributed by atoms with van der Waals surface area (Å²) in [6.07, 6.45) is -1.07. The number of benzene rings is 2. The number of aryl methyl sites for hydroxylation is 2.